The van der Waals surface area contributed by atoms with Crippen molar-refractivity contribution in [2.45, 2.75) is 70.1 Å². The van der Waals surface area contributed by atoms with Crippen LogP contribution in [0.5, 0.6) is 0 Å². The van der Waals surface area contributed by atoms with E-state index in [0.29, 0.717) is 12.0 Å². The lowest BCUT2D eigenvalue weighted by molar-refractivity contribution is -0.141. The van der Waals surface area contributed by atoms with E-state index in [-0.39, 0.29) is 12.0 Å². The first-order valence-corrected chi connectivity index (χ1v) is 10.5. The fourth-order valence-corrected chi connectivity index (χ4v) is 4.88. The Kier molecular flexibility index (Phi) is 5.74. The van der Waals surface area contributed by atoms with E-state index in [2.05, 4.69) is 16.8 Å². The highest BCUT2D eigenvalue weighted by Gasteiger charge is 2.36. The van der Waals surface area contributed by atoms with Gasteiger partial charge in [0.15, 0.2) is 5.82 Å². The summed E-state index contributed by atoms with van der Waals surface area (Å²) in [7, 11) is 3.91. The molecule has 0 bridgehead atoms. The molecule has 1 saturated carbocycles. The normalized spacial score (nSPS) is 29.4. The van der Waals surface area contributed by atoms with Gasteiger partial charge in [-0.15, -0.1) is 0 Å². The van der Waals surface area contributed by atoms with Crippen molar-refractivity contribution in [1.82, 2.24) is 19.8 Å². The second-order valence-electron chi connectivity index (χ2n) is 8.44. The molecule has 0 radical (unpaired) electrons. The summed E-state index contributed by atoms with van der Waals surface area (Å²) in [6.07, 6.45) is 10.4. The third kappa shape index (κ3) is 4.02. The highest BCUT2D eigenvalue weighted by molar-refractivity contribution is 5.79. The Labute approximate surface area is 162 Å². The van der Waals surface area contributed by atoms with Gasteiger partial charge in [0.1, 0.15) is 0 Å². The lowest BCUT2D eigenvalue weighted by Crippen LogP contribution is -2.44. The quantitative estimate of drug-likeness (QED) is 0.816. The van der Waals surface area contributed by atoms with Crippen LogP contribution in [0.4, 0.5) is 0 Å². The van der Waals surface area contributed by atoms with Crippen molar-refractivity contribution in [2.24, 2.45) is 5.92 Å². The molecule has 0 spiro atoms. The number of carbonyl (C=O) groups is 1. The van der Waals surface area contributed by atoms with Gasteiger partial charge in [-0.2, -0.15) is 0 Å². The molecule has 2 aliphatic heterocycles. The van der Waals surface area contributed by atoms with Crippen molar-refractivity contribution in [3.05, 3.63) is 23.3 Å². The molecule has 1 atom stereocenters. The van der Waals surface area contributed by atoms with E-state index < -0.39 is 0 Å². The van der Waals surface area contributed by atoms with Gasteiger partial charge >= 0.3 is 0 Å². The number of rotatable bonds is 3. The van der Waals surface area contributed by atoms with Crippen molar-refractivity contribution in [3.63, 3.8) is 0 Å². The lowest BCUT2D eigenvalue weighted by Gasteiger charge is -2.38. The standard InChI is InChI=1S/C21H32N4O2/c1-24-12-10-18-16(14-24)13-22-20(23-18)19-5-3-4-11-25(19)21(26)15-6-8-17(27-2)9-7-15/h13,15,17,19H,3-12,14H2,1-2H3. The molecular weight excluding hydrogens is 340 g/mol. The average Bonchev–Trinajstić information content (AvgIpc) is 2.73. The number of methoxy groups -OCH3 is 1. The fraction of sp³-hybridized carbons (Fsp3) is 0.762. The van der Waals surface area contributed by atoms with E-state index in [1.807, 2.05) is 6.20 Å². The first-order chi connectivity index (χ1) is 13.2. The third-order valence-electron chi connectivity index (χ3n) is 6.58. The summed E-state index contributed by atoms with van der Waals surface area (Å²) in [5.74, 6) is 1.32. The fourth-order valence-electron chi connectivity index (χ4n) is 4.88. The minimum Gasteiger partial charge on any atom is -0.381 e. The van der Waals surface area contributed by atoms with Gasteiger partial charge < -0.3 is 14.5 Å². The topological polar surface area (TPSA) is 58.6 Å². The van der Waals surface area contributed by atoms with Crippen LogP contribution in [0.2, 0.25) is 0 Å². The molecule has 2 fully saturated rings. The predicted octanol–water partition coefficient (Wildman–Crippen LogP) is 2.72. The van der Waals surface area contributed by atoms with E-state index in [1.54, 1.807) is 7.11 Å². The monoisotopic (exact) mass is 372 g/mol. The van der Waals surface area contributed by atoms with Gasteiger partial charge in [-0.3, -0.25) is 4.79 Å². The summed E-state index contributed by atoms with van der Waals surface area (Å²) < 4.78 is 5.47. The van der Waals surface area contributed by atoms with Crippen LogP contribution in [0.1, 0.15) is 68.1 Å². The number of amides is 1. The Bertz CT molecular complexity index is 672. The molecule has 4 rings (SSSR count). The van der Waals surface area contributed by atoms with Crippen LogP contribution in [0.15, 0.2) is 6.20 Å². The average molecular weight is 373 g/mol. The first-order valence-electron chi connectivity index (χ1n) is 10.5. The first kappa shape index (κ1) is 18.8. The van der Waals surface area contributed by atoms with Gasteiger partial charge in [-0.05, 0) is 52.0 Å². The Balaban J connectivity index is 1.50. The molecule has 6 heteroatoms. The van der Waals surface area contributed by atoms with Crippen molar-refractivity contribution < 1.29 is 9.53 Å². The van der Waals surface area contributed by atoms with Gasteiger partial charge in [-0.25, -0.2) is 9.97 Å². The van der Waals surface area contributed by atoms with Crippen molar-refractivity contribution in [3.8, 4) is 0 Å². The van der Waals surface area contributed by atoms with Crippen LogP contribution in [-0.2, 0) is 22.5 Å². The van der Waals surface area contributed by atoms with Crippen LogP contribution in [0, 0.1) is 5.92 Å². The van der Waals surface area contributed by atoms with Crippen LogP contribution in [-0.4, -0.2) is 59.0 Å². The van der Waals surface area contributed by atoms with Crippen LogP contribution < -0.4 is 0 Å². The molecular formula is C21H32N4O2. The minimum atomic E-state index is 0.0522. The zero-order valence-electron chi connectivity index (χ0n) is 16.7. The van der Waals surface area contributed by atoms with Crippen LogP contribution in [0.3, 0.4) is 0 Å². The number of piperidine rings is 1. The highest BCUT2D eigenvalue weighted by Crippen LogP contribution is 2.34. The van der Waals surface area contributed by atoms with Gasteiger partial charge in [0.2, 0.25) is 5.91 Å². The highest BCUT2D eigenvalue weighted by atomic mass is 16.5. The smallest absolute Gasteiger partial charge is 0.226 e. The Morgan fingerprint density at radius 1 is 1.15 bits per heavy atom. The Hall–Kier alpha value is -1.53. The number of likely N-dealkylation sites (N-methyl/N-ethyl adjacent to an activating group) is 1. The van der Waals surface area contributed by atoms with Gasteiger partial charge in [0.05, 0.1) is 12.1 Å². The van der Waals surface area contributed by atoms with E-state index in [0.717, 1.165) is 76.8 Å². The molecule has 1 aromatic heterocycles. The zero-order chi connectivity index (χ0) is 18.8. The minimum absolute atomic E-state index is 0.0522. The van der Waals surface area contributed by atoms with Crippen molar-refractivity contribution >= 4 is 5.91 Å². The molecule has 3 aliphatic rings. The van der Waals surface area contributed by atoms with Crippen molar-refractivity contribution in [2.75, 3.05) is 27.2 Å². The van der Waals surface area contributed by atoms with Crippen molar-refractivity contribution in [1.29, 1.82) is 0 Å². The molecule has 0 aromatic carbocycles. The molecule has 1 aliphatic carbocycles. The Morgan fingerprint density at radius 2 is 1.96 bits per heavy atom. The molecule has 1 aromatic rings. The van der Waals surface area contributed by atoms with Crippen LogP contribution >= 0.6 is 0 Å². The number of hydrogen-bond donors (Lipinski definition) is 0. The molecule has 27 heavy (non-hydrogen) atoms. The number of ether oxygens (including phenoxy) is 1. The van der Waals surface area contributed by atoms with Gasteiger partial charge in [-0.1, -0.05) is 0 Å². The summed E-state index contributed by atoms with van der Waals surface area (Å²) in [5, 5.41) is 0. The van der Waals surface area contributed by atoms with E-state index in [4.69, 9.17) is 14.7 Å². The number of fused-ring (bicyclic) bond motifs is 1. The van der Waals surface area contributed by atoms with Crippen LogP contribution in [0.25, 0.3) is 0 Å². The van der Waals surface area contributed by atoms with E-state index in [9.17, 15) is 4.79 Å². The molecule has 148 valence electrons. The summed E-state index contributed by atoms with van der Waals surface area (Å²) in [5.41, 5.74) is 2.41. The zero-order valence-corrected chi connectivity index (χ0v) is 16.7. The molecule has 1 amide bonds. The summed E-state index contributed by atoms with van der Waals surface area (Å²) >= 11 is 0. The number of carbonyl (C=O) groups excluding carboxylic acids is 1. The largest absolute Gasteiger partial charge is 0.381 e. The van der Waals surface area contributed by atoms with Gasteiger partial charge in [0.25, 0.3) is 0 Å². The maximum Gasteiger partial charge on any atom is 0.226 e. The number of aromatic nitrogens is 2. The maximum absolute atomic E-state index is 13.3. The third-order valence-corrected chi connectivity index (χ3v) is 6.58. The molecule has 1 unspecified atom stereocenters. The SMILES string of the molecule is COC1CCC(C(=O)N2CCCCC2c2ncc3c(n2)CCN(C)C3)CC1. The number of hydrogen-bond acceptors (Lipinski definition) is 5. The second kappa shape index (κ2) is 8.23. The number of likely N-dealkylation sites (tertiary alicyclic amines) is 1. The molecule has 0 N–H and O–H groups in total. The summed E-state index contributed by atoms with van der Waals surface area (Å²) in [6.45, 7) is 2.81. The maximum atomic E-state index is 13.3. The lowest BCUT2D eigenvalue weighted by atomic mass is 9.85. The van der Waals surface area contributed by atoms with E-state index in [1.165, 1.54) is 11.3 Å². The summed E-state index contributed by atoms with van der Waals surface area (Å²) in [6, 6.07) is 0.0522. The van der Waals surface area contributed by atoms with Gasteiger partial charge in [0, 0.05) is 56.5 Å². The molecule has 3 heterocycles. The predicted molar refractivity (Wildman–Crippen MR) is 103 cm³/mol. The molecule has 1 saturated heterocycles. The Morgan fingerprint density at radius 3 is 2.74 bits per heavy atom. The van der Waals surface area contributed by atoms with E-state index >= 15 is 0 Å². The second-order valence-corrected chi connectivity index (χ2v) is 8.44. The summed E-state index contributed by atoms with van der Waals surface area (Å²) in [4.78, 5) is 27.3. The number of nitrogens with zero attached hydrogens (tertiary/aromatic N) is 4. The molecule has 6 nitrogen and oxygen atoms in total.